The molecule has 0 aromatic heterocycles. The maximum Gasteiger partial charge on any atom is 0.416 e. The summed E-state index contributed by atoms with van der Waals surface area (Å²) in [6.07, 6.45) is -4.73. The molecule has 7 heteroatoms. The van der Waals surface area contributed by atoms with Crippen LogP contribution in [0.1, 0.15) is 24.0 Å². The molecule has 108 valence electrons. The first-order chi connectivity index (χ1) is 9.07. The molecule has 1 aromatic carbocycles. The van der Waals surface area contributed by atoms with Crippen LogP contribution in [-0.4, -0.2) is 11.2 Å². The Bertz CT molecular complexity index is 584. The molecule has 4 rings (SSSR count). The second-order valence-electron chi connectivity index (χ2n) is 5.44. The third-order valence-electron chi connectivity index (χ3n) is 4.55. The fourth-order valence-corrected chi connectivity index (χ4v) is 3.55. The monoisotopic (exact) mass is 310 g/mol. The molecule has 0 radical (unpaired) electrons. The average molecular weight is 311 g/mol. The van der Waals surface area contributed by atoms with Crippen LogP contribution >= 0.6 is 11.6 Å². The smallest absolute Gasteiger partial charge is 0.280 e. The Balaban J connectivity index is 1.92. The lowest BCUT2D eigenvalue weighted by atomic mass is 9.31. The van der Waals surface area contributed by atoms with Crippen LogP contribution in [0.15, 0.2) is 24.3 Å². The van der Waals surface area contributed by atoms with Crippen LogP contribution in [-0.2, 0) is 16.4 Å². The Morgan fingerprint density at radius 1 is 1.10 bits per heavy atom. The maximum atomic E-state index is 14.0. The van der Waals surface area contributed by atoms with Gasteiger partial charge in [0.25, 0.3) is 5.92 Å². The van der Waals surface area contributed by atoms with Gasteiger partial charge in [0.15, 0.2) is 0 Å². The predicted octanol–water partition coefficient (Wildman–Crippen LogP) is 4.14. The molecule has 0 heterocycles. The number of alkyl halides is 5. The van der Waals surface area contributed by atoms with E-state index in [1.807, 2.05) is 0 Å². The summed E-state index contributed by atoms with van der Waals surface area (Å²) >= 11 is 5.21. The van der Waals surface area contributed by atoms with Crippen molar-refractivity contribution in [1.82, 2.24) is 0 Å². The number of benzene rings is 1. The molecule has 2 bridgehead atoms. The van der Waals surface area contributed by atoms with Gasteiger partial charge < -0.3 is 0 Å². The Kier molecular flexibility index (Phi) is 2.43. The van der Waals surface area contributed by atoms with Gasteiger partial charge in [-0.05, 0) is 42.1 Å². The van der Waals surface area contributed by atoms with E-state index < -0.39 is 33.7 Å². The first-order valence-electron chi connectivity index (χ1n) is 5.82. The van der Waals surface area contributed by atoms with Gasteiger partial charge in [0.05, 0.1) is 11.0 Å². The number of hydrogen-bond donors (Lipinski definition) is 0. The highest BCUT2D eigenvalue weighted by molar-refractivity contribution is 6.65. The standard InChI is InChI=1S/C13H8ClF5O/c14-9(20)11-5-10(6-11,13(11,18)19)7-1-3-8(4-2-7)12(15,16)17/h1-4H,5-6H2. The van der Waals surface area contributed by atoms with E-state index in [1.165, 1.54) is 0 Å². The number of carbonyl (C=O) groups is 1. The van der Waals surface area contributed by atoms with Crippen molar-refractivity contribution in [1.29, 1.82) is 0 Å². The maximum absolute atomic E-state index is 14.0. The van der Waals surface area contributed by atoms with Crippen molar-refractivity contribution in [3.05, 3.63) is 35.4 Å². The zero-order chi connectivity index (χ0) is 15.0. The van der Waals surface area contributed by atoms with Crippen LogP contribution in [0, 0.1) is 5.41 Å². The average Bonchev–Trinajstić information content (AvgIpc) is 2.26. The SMILES string of the molecule is O=C(Cl)C12CC(c3ccc(C(F)(F)F)cc3)(C1)C2(F)F. The van der Waals surface area contributed by atoms with Crippen molar-refractivity contribution >= 4 is 16.8 Å². The number of rotatable bonds is 2. The summed E-state index contributed by atoms with van der Waals surface area (Å²) in [5.41, 5.74) is -4.13. The van der Waals surface area contributed by atoms with E-state index in [0.717, 1.165) is 24.3 Å². The van der Waals surface area contributed by atoms with Crippen LogP contribution in [0.2, 0.25) is 0 Å². The second kappa shape index (κ2) is 3.53. The molecule has 0 amide bonds. The molecule has 0 atom stereocenters. The molecule has 3 aliphatic carbocycles. The van der Waals surface area contributed by atoms with E-state index >= 15 is 0 Å². The van der Waals surface area contributed by atoms with Gasteiger partial charge in [-0.15, -0.1) is 0 Å². The summed E-state index contributed by atoms with van der Waals surface area (Å²) in [4.78, 5) is 11.1. The summed E-state index contributed by atoms with van der Waals surface area (Å²) in [5.74, 6) is -3.29. The van der Waals surface area contributed by atoms with Crippen LogP contribution in [0.5, 0.6) is 0 Å². The Labute approximate surface area is 115 Å². The minimum atomic E-state index is -4.51. The van der Waals surface area contributed by atoms with Gasteiger partial charge in [-0.25, -0.2) is 8.78 Å². The lowest BCUT2D eigenvalue weighted by molar-refractivity contribution is -0.347. The largest absolute Gasteiger partial charge is 0.416 e. The molecule has 1 aromatic rings. The predicted molar refractivity (Wildman–Crippen MR) is 60.6 cm³/mol. The highest BCUT2D eigenvalue weighted by Crippen LogP contribution is 2.82. The zero-order valence-corrected chi connectivity index (χ0v) is 10.7. The van der Waals surface area contributed by atoms with Crippen LogP contribution < -0.4 is 0 Å². The zero-order valence-electron chi connectivity index (χ0n) is 9.90. The topological polar surface area (TPSA) is 17.1 Å². The molecule has 0 unspecified atom stereocenters. The van der Waals surface area contributed by atoms with Crippen molar-refractivity contribution in [3.63, 3.8) is 0 Å². The molecule has 0 aliphatic heterocycles. The first kappa shape index (κ1) is 13.8. The highest BCUT2D eigenvalue weighted by Gasteiger charge is 2.91. The normalized spacial score (nSPS) is 34.1. The van der Waals surface area contributed by atoms with Crippen LogP contribution in [0.25, 0.3) is 0 Å². The van der Waals surface area contributed by atoms with E-state index in [0.29, 0.717) is 0 Å². The minimum absolute atomic E-state index is 0.110. The van der Waals surface area contributed by atoms with Crippen molar-refractivity contribution in [2.45, 2.75) is 30.4 Å². The molecule has 0 N–H and O–H groups in total. The third-order valence-corrected chi connectivity index (χ3v) is 4.91. The van der Waals surface area contributed by atoms with E-state index in [2.05, 4.69) is 0 Å². The summed E-state index contributed by atoms with van der Waals surface area (Å²) in [7, 11) is 0. The third kappa shape index (κ3) is 1.31. The van der Waals surface area contributed by atoms with E-state index in [9.17, 15) is 26.7 Å². The number of halogens is 6. The molecule has 1 nitrogen and oxygen atoms in total. The summed E-state index contributed by atoms with van der Waals surface area (Å²) in [5, 5.41) is -1.07. The summed E-state index contributed by atoms with van der Waals surface area (Å²) in [6, 6.07) is 3.67. The lowest BCUT2D eigenvalue weighted by Crippen LogP contribution is -2.83. The van der Waals surface area contributed by atoms with Gasteiger partial charge in [-0.3, -0.25) is 4.79 Å². The molecule has 3 aliphatic rings. The lowest BCUT2D eigenvalue weighted by Gasteiger charge is -2.73. The fourth-order valence-electron chi connectivity index (χ4n) is 3.29. The van der Waals surface area contributed by atoms with Crippen molar-refractivity contribution < 1.29 is 26.7 Å². The molecule has 0 saturated heterocycles. The van der Waals surface area contributed by atoms with E-state index in [-0.39, 0.29) is 18.4 Å². The van der Waals surface area contributed by atoms with Gasteiger partial charge in [-0.1, -0.05) is 12.1 Å². The quantitative estimate of drug-likeness (QED) is 0.593. The van der Waals surface area contributed by atoms with Gasteiger partial charge in [0.2, 0.25) is 5.24 Å². The van der Waals surface area contributed by atoms with Gasteiger partial charge in [0, 0.05) is 0 Å². The van der Waals surface area contributed by atoms with Crippen molar-refractivity contribution in [3.8, 4) is 0 Å². The van der Waals surface area contributed by atoms with Crippen LogP contribution in [0.4, 0.5) is 22.0 Å². The van der Waals surface area contributed by atoms with Gasteiger partial charge >= 0.3 is 6.18 Å². The van der Waals surface area contributed by atoms with Crippen molar-refractivity contribution in [2.75, 3.05) is 0 Å². The van der Waals surface area contributed by atoms with E-state index in [4.69, 9.17) is 11.6 Å². The molecule has 3 fully saturated rings. The molecule has 20 heavy (non-hydrogen) atoms. The Morgan fingerprint density at radius 2 is 1.60 bits per heavy atom. The van der Waals surface area contributed by atoms with Gasteiger partial charge in [-0.2, -0.15) is 13.2 Å². The molecular weight excluding hydrogens is 303 g/mol. The Hall–Kier alpha value is -1.17. The summed E-state index contributed by atoms with van der Waals surface area (Å²) in [6.45, 7) is 0. The van der Waals surface area contributed by atoms with Crippen molar-refractivity contribution in [2.24, 2.45) is 5.41 Å². The van der Waals surface area contributed by atoms with Crippen LogP contribution in [0.3, 0.4) is 0 Å². The minimum Gasteiger partial charge on any atom is -0.280 e. The second-order valence-corrected chi connectivity index (χ2v) is 5.78. The molecular formula is C13H8ClF5O. The Morgan fingerprint density at radius 3 is 1.95 bits per heavy atom. The van der Waals surface area contributed by atoms with E-state index in [1.54, 1.807) is 0 Å². The number of carbonyl (C=O) groups excluding carboxylic acids is 1. The first-order valence-corrected chi connectivity index (χ1v) is 6.20. The number of hydrogen-bond acceptors (Lipinski definition) is 1. The van der Waals surface area contributed by atoms with Gasteiger partial charge in [0.1, 0.15) is 5.41 Å². The molecule has 0 spiro atoms. The highest BCUT2D eigenvalue weighted by atomic mass is 35.5. The molecule has 3 saturated carbocycles. The summed E-state index contributed by atoms with van der Waals surface area (Å²) < 4.78 is 65.4. The fraction of sp³-hybridized carbons (Fsp3) is 0.462.